The Morgan fingerprint density at radius 3 is 2.47 bits per heavy atom. The number of carboxylic acids is 1. The van der Waals surface area contributed by atoms with Gasteiger partial charge in [0.2, 0.25) is 0 Å². The van der Waals surface area contributed by atoms with Crippen LogP contribution < -0.4 is 0 Å². The van der Waals surface area contributed by atoms with Crippen molar-refractivity contribution in [1.82, 2.24) is 0 Å². The van der Waals surface area contributed by atoms with E-state index in [2.05, 4.69) is 0 Å². The second-order valence-electron chi connectivity index (χ2n) is 4.05. The molecule has 1 N–H and O–H groups in total. The first-order chi connectivity index (χ1) is 9.08. The molecule has 0 spiro atoms. The highest BCUT2D eigenvalue weighted by Gasteiger charge is 2.15. The van der Waals surface area contributed by atoms with E-state index in [1.807, 2.05) is 0 Å². The third-order valence-corrected chi connectivity index (χ3v) is 2.67. The molecule has 0 aromatic heterocycles. The molecule has 0 aliphatic rings. The second kappa shape index (κ2) is 5.44. The lowest BCUT2D eigenvalue weighted by Gasteiger charge is -2.08. The Hall–Kier alpha value is -2.49. The lowest BCUT2D eigenvalue weighted by atomic mass is 9.96. The predicted molar refractivity (Wildman–Crippen MR) is 68.4 cm³/mol. The van der Waals surface area contributed by atoms with Crippen LogP contribution >= 0.6 is 0 Å². The molecule has 2 aromatic rings. The normalized spacial score (nSPS) is 10.2. The van der Waals surface area contributed by atoms with Gasteiger partial charge in [0, 0.05) is 5.56 Å². The van der Waals surface area contributed by atoms with Gasteiger partial charge in [-0.2, -0.15) is 0 Å². The van der Waals surface area contributed by atoms with Crippen LogP contribution in [0.15, 0.2) is 48.5 Å². The van der Waals surface area contributed by atoms with E-state index in [0.29, 0.717) is 11.1 Å². The van der Waals surface area contributed by atoms with Gasteiger partial charge in [0.05, 0.1) is 0 Å². The first-order valence-electron chi connectivity index (χ1n) is 5.68. The molecule has 0 heterocycles. The monoisotopic (exact) mass is 258 g/mol. The van der Waals surface area contributed by atoms with Gasteiger partial charge < -0.3 is 5.11 Å². The Morgan fingerprint density at radius 2 is 1.79 bits per heavy atom. The van der Waals surface area contributed by atoms with Gasteiger partial charge in [-0.3, -0.25) is 9.59 Å². The molecular weight excluding hydrogens is 247 g/mol. The van der Waals surface area contributed by atoms with E-state index in [4.69, 9.17) is 5.11 Å². The molecule has 0 radical (unpaired) electrons. The van der Waals surface area contributed by atoms with E-state index in [9.17, 15) is 14.0 Å². The summed E-state index contributed by atoms with van der Waals surface area (Å²) in [5.41, 5.74) is 1.37. The average Bonchev–Trinajstić information content (AvgIpc) is 2.38. The van der Waals surface area contributed by atoms with Crippen LogP contribution in [0.25, 0.3) is 11.1 Å². The number of carbonyl (C=O) groups excluding carboxylic acids is 1. The molecular formula is C15H11FO3. The van der Waals surface area contributed by atoms with Crippen LogP contribution in [-0.2, 0) is 4.79 Å². The standard InChI is InChI=1S/C15H11FO3/c16-11-5-3-4-10(8-11)12-6-1-2-7-13(12)14(17)9-15(18)19/h1-8H,9H2,(H,18,19). The quantitative estimate of drug-likeness (QED) is 0.677. The fourth-order valence-corrected chi connectivity index (χ4v) is 1.87. The van der Waals surface area contributed by atoms with Crippen molar-refractivity contribution in [1.29, 1.82) is 0 Å². The summed E-state index contributed by atoms with van der Waals surface area (Å²) in [6.45, 7) is 0. The summed E-state index contributed by atoms with van der Waals surface area (Å²) in [6, 6.07) is 12.4. The molecule has 2 aromatic carbocycles. The molecule has 2 rings (SSSR count). The summed E-state index contributed by atoms with van der Waals surface area (Å²) < 4.78 is 13.2. The first kappa shape index (κ1) is 13.0. The highest BCUT2D eigenvalue weighted by molar-refractivity contribution is 6.09. The van der Waals surface area contributed by atoms with Crippen molar-refractivity contribution in [3.05, 3.63) is 59.9 Å². The van der Waals surface area contributed by atoms with Crippen molar-refractivity contribution in [2.75, 3.05) is 0 Å². The minimum atomic E-state index is -1.18. The van der Waals surface area contributed by atoms with E-state index in [1.54, 1.807) is 36.4 Å². The topological polar surface area (TPSA) is 54.4 Å². The molecule has 4 heteroatoms. The highest BCUT2D eigenvalue weighted by atomic mass is 19.1. The van der Waals surface area contributed by atoms with Gasteiger partial charge in [0.1, 0.15) is 12.2 Å². The highest BCUT2D eigenvalue weighted by Crippen LogP contribution is 2.25. The van der Waals surface area contributed by atoms with E-state index in [-0.39, 0.29) is 5.56 Å². The number of carboxylic acid groups (broad SMARTS) is 1. The maximum atomic E-state index is 13.2. The van der Waals surface area contributed by atoms with E-state index in [1.165, 1.54) is 12.1 Å². The molecule has 0 aliphatic carbocycles. The fraction of sp³-hybridized carbons (Fsp3) is 0.0667. The van der Waals surface area contributed by atoms with Crippen LogP contribution in [0, 0.1) is 5.82 Å². The van der Waals surface area contributed by atoms with E-state index >= 15 is 0 Å². The van der Waals surface area contributed by atoms with Gasteiger partial charge in [-0.05, 0) is 23.3 Å². The van der Waals surface area contributed by atoms with Gasteiger partial charge in [-0.1, -0.05) is 36.4 Å². The van der Waals surface area contributed by atoms with E-state index < -0.39 is 24.0 Å². The Bertz CT molecular complexity index is 635. The van der Waals surface area contributed by atoms with Crippen molar-refractivity contribution in [3.8, 4) is 11.1 Å². The molecule has 0 amide bonds. The molecule has 0 saturated carbocycles. The number of halogens is 1. The Labute approximate surface area is 109 Å². The summed E-state index contributed by atoms with van der Waals surface area (Å²) in [7, 11) is 0. The summed E-state index contributed by atoms with van der Waals surface area (Å²) >= 11 is 0. The van der Waals surface area contributed by atoms with Crippen LogP contribution in [0.2, 0.25) is 0 Å². The minimum Gasteiger partial charge on any atom is -0.481 e. The molecule has 0 bridgehead atoms. The van der Waals surface area contributed by atoms with E-state index in [0.717, 1.165) is 0 Å². The molecule has 0 aliphatic heterocycles. The maximum absolute atomic E-state index is 13.2. The van der Waals surface area contributed by atoms with Crippen LogP contribution in [0.4, 0.5) is 4.39 Å². The number of ketones is 1. The lowest BCUT2D eigenvalue weighted by Crippen LogP contribution is -2.08. The number of rotatable bonds is 4. The molecule has 19 heavy (non-hydrogen) atoms. The zero-order valence-electron chi connectivity index (χ0n) is 9.97. The smallest absolute Gasteiger partial charge is 0.311 e. The molecule has 0 unspecified atom stereocenters. The lowest BCUT2D eigenvalue weighted by molar-refractivity contribution is -0.135. The third kappa shape index (κ3) is 3.04. The summed E-state index contributed by atoms with van der Waals surface area (Å²) in [6.07, 6.45) is -0.577. The number of carbonyl (C=O) groups is 2. The zero-order valence-corrected chi connectivity index (χ0v) is 9.97. The minimum absolute atomic E-state index is 0.288. The summed E-state index contributed by atoms with van der Waals surface area (Å²) in [5, 5.41) is 8.67. The Balaban J connectivity index is 2.47. The number of aliphatic carboxylic acids is 1. The predicted octanol–water partition coefficient (Wildman–Crippen LogP) is 3.15. The van der Waals surface area contributed by atoms with Crippen molar-refractivity contribution in [2.45, 2.75) is 6.42 Å². The van der Waals surface area contributed by atoms with Crippen molar-refractivity contribution < 1.29 is 19.1 Å². The van der Waals surface area contributed by atoms with Crippen molar-refractivity contribution in [3.63, 3.8) is 0 Å². The van der Waals surface area contributed by atoms with Gasteiger partial charge in [0.15, 0.2) is 5.78 Å². The van der Waals surface area contributed by atoms with Gasteiger partial charge >= 0.3 is 5.97 Å². The summed E-state index contributed by atoms with van der Waals surface area (Å²) in [4.78, 5) is 22.5. The molecule has 0 saturated heterocycles. The average molecular weight is 258 g/mol. The van der Waals surface area contributed by atoms with Crippen LogP contribution in [0.5, 0.6) is 0 Å². The van der Waals surface area contributed by atoms with Crippen LogP contribution in [0.1, 0.15) is 16.8 Å². The number of hydrogen-bond acceptors (Lipinski definition) is 2. The largest absolute Gasteiger partial charge is 0.481 e. The number of hydrogen-bond donors (Lipinski definition) is 1. The van der Waals surface area contributed by atoms with Gasteiger partial charge in [-0.15, -0.1) is 0 Å². The van der Waals surface area contributed by atoms with Crippen molar-refractivity contribution in [2.24, 2.45) is 0 Å². The van der Waals surface area contributed by atoms with Crippen LogP contribution in [-0.4, -0.2) is 16.9 Å². The van der Waals surface area contributed by atoms with Gasteiger partial charge in [0.25, 0.3) is 0 Å². The number of benzene rings is 2. The first-order valence-corrected chi connectivity index (χ1v) is 5.68. The second-order valence-corrected chi connectivity index (χ2v) is 4.05. The Morgan fingerprint density at radius 1 is 1.05 bits per heavy atom. The molecule has 3 nitrogen and oxygen atoms in total. The summed E-state index contributed by atoms with van der Waals surface area (Å²) in [5.74, 6) is -2.08. The fourth-order valence-electron chi connectivity index (χ4n) is 1.87. The van der Waals surface area contributed by atoms with Gasteiger partial charge in [-0.25, -0.2) is 4.39 Å². The van der Waals surface area contributed by atoms with Crippen LogP contribution in [0.3, 0.4) is 0 Å². The molecule has 0 atom stereocenters. The zero-order chi connectivity index (χ0) is 13.8. The maximum Gasteiger partial charge on any atom is 0.311 e. The SMILES string of the molecule is O=C(O)CC(=O)c1ccccc1-c1cccc(F)c1. The third-order valence-electron chi connectivity index (χ3n) is 2.67. The number of Topliss-reactive ketones (excluding diaryl/α,β-unsaturated/α-hetero) is 1. The van der Waals surface area contributed by atoms with Crippen molar-refractivity contribution >= 4 is 11.8 Å². The molecule has 0 fully saturated rings. The Kier molecular flexibility index (Phi) is 3.71. The molecule has 96 valence electrons.